The molecular weight excluding hydrogens is 302 g/mol. The Morgan fingerprint density at radius 3 is 2.54 bits per heavy atom. The van der Waals surface area contributed by atoms with Gasteiger partial charge in [0.1, 0.15) is 0 Å². The van der Waals surface area contributed by atoms with Gasteiger partial charge in [-0.3, -0.25) is 4.90 Å². The summed E-state index contributed by atoms with van der Waals surface area (Å²) in [7, 11) is 4.29. The van der Waals surface area contributed by atoms with E-state index in [0.717, 1.165) is 76.8 Å². The number of ether oxygens (including phenoxy) is 1. The Labute approximate surface area is 145 Å². The summed E-state index contributed by atoms with van der Waals surface area (Å²) in [5.41, 5.74) is 1.41. The van der Waals surface area contributed by atoms with Crippen LogP contribution in [0, 0.1) is 12.3 Å². The van der Waals surface area contributed by atoms with Crippen molar-refractivity contribution in [1.29, 1.82) is 0 Å². The zero-order valence-electron chi connectivity index (χ0n) is 15.4. The first-order valence-electron chi connectivity index (χ1n) is 9.05. The molecule has 0 N–H and O–H groups in total. The molecule has 0 unspecified atom stereocenters. The van der Waals surface area contributed by atoms with Crippen molar-refractivity contribution in [2.45, 2.75) is 19.8 Å². The highest BCUT2D eigenvalue weighted by Crippen LogP contribution is 2.35. The third kappa shape index (κ3) is 4.43. The highest BCUT2D eigenvalue weighted by Gasteiger charge is 2.38. The number of hydrogen-bond donors (Lipinski definition) is 0. The van der Waals surface area contributed by atoms with E-state index in [4.69, 9.17) is 4.74 Å². The van der Waals surface area contributed by atoms with Crippen LogP contribution in [0.2, 0.25) is 0 Å². The maximum absolute atomic E-state index is 5.98. The monoisotopic (exact) mass is 333 g/mol. The van der Waals surface area contributed by atoms with E-state index < -0.39 is 0 Å². The molecule has 0 saturated carbocycles. The molecule has 134 valence electrons. The third-order valence-electron chi connectivity index (χ3n) is 5.26. The lowest BCUT2D eigenvalue weighted by molar-refractivity contribution is 0.0488. The van der Waals surface area contributed by atoms with Crippen molar-refractivity contribution >= 4 is 5.95 Å². The second-order valence-corrected chi connectivity index (χ2v) is 7.68. The molecule has 1 spiro atoms. The lowest BCUT2D eigenvalue weighted by Crippen LogP contribution is -2.48. The Morgan fingerprint density at radius 1 is 1.17 bits per heavy atom. The predicted molar refractivity (Wildman–Crippen MR) is 96.5 cm³/mol. The number of hydrogen-bond acceptors (Lipinski definition) is 6. The molecule has 0 atom stereocenters. The number of likely N-dealkylation sites (N-methyl/N-ethyl adjacent to an activating group) is 1. The Balaban J connectivity index is 1.59. The fourth-order valence-corrected chi connectivity index (χ4v) is 3.65. The molecule has 24 heavy (non-hydrogen) atoms. The molecule has 2 aliphatic heterocycles. The quantitative estimate of drug-likeness (QED) is 0.827. The van der Waals surface area contributed by atoms with Gasteiger partial charge >= 0.3 is 0 Å². The predicted octanol–water partition coefficient (Wildman–Crippen LogP) is 1.27. The van der Waals surface area contributed by atoms with Gasteiger partial charge in [-0.15, -0.1) is 0 Å². The fraction of sp³-hybridized carbons (Fsp3) is 0.778. The number of nitrogens with zero attached hydrogens (tertiary/aromatic N) is 5. The summed E-state index contributed by atoms with van der Waals surface area (Å²) in [6.07, 6.45) is 6.13. The Kier molecular flexibility index (Phi) is 5.69. The first-order chi connectivity index (χ1) is 11.6. The van der Waals surface area contributed by atoms with Crippen molar-refractivity contribution in [2.24, 2.45) is 5.41 Å². The van der Waals surface area contributed by atoms with Crippen LogP contribution in [0.15, 0.2) is 12.4 Å². The molecule has 1 aromatic rings. The van der Waals surface area contributed by atoms with Crippen molar-refractivity contribution in [3.63, 3.8) is 0 Å². The summed E-state index contributed by atoms with van der Waals surface area (Å²) in [5, 5.41) is 0. The summed E-state index contributed by atoms with van der Waals surface area (Å²) in [6, 6.07) is 0. The number of piperidine rings is 1. The van der Waals surface area contributed by atoms with E-state index in [2.05, 4.69) is 38.8 Å². The fourth-order valence-electron chi connectivity index (χ4n) is 3.65. The van der Waals surface area contributed by atoms with Gasteiger partial charge in [0, 0.05) is 57.1 Å². The second-order valence-electron chi connectivity index (χ2n) is 7.68. The lowest BCUT2D eigenvalue weighted by atomic mass is 9.78. The molecule has 1 aromatic heterocycles. The molecule has 0 aromatic carbocycles. The maximum Gasteiger partial charge on any atom is 0.225 e. The summed E-state index contributed by atoms with van der Waals surface area (Å²) in [5.74, 6) is 0.870. The molecule has 0 amide bonds. The van der Waals surface area contributed by atoms with Crippen LogP contribution in [0.4, 0.5) is 5.95 Å². The van der Waals surface area contributed by atoms with Crippen molar-refractivity contribution < 1.29 is 4.74 Å². The van der Waals surface area contributed by atoms with Crippen LogP contribution in [0.5, 0.6) is 0 Å². The number of aryl methyl sites for hydroxylation is 1. The van der Waals surface area contributed by atoms with Gasteiger partial charge in [-0.1, -0.05) is 0 Å². The molecular formula is C18H31N5O. The Bertz CT molecular complexity index is 511. The lowest BCUT2D eigenvalue weighted by Gasteiger charge is -2.42. The van der Waals surface area contributed by atoms with Gasteiger partial charge in [-0.05, 0) is 39.4 Å². The molecule has 2 saturated heterocycles. The van der Waals surface area contributed by atoms with Gasteiger partial charge in [0.2, 0.25) is 5.95 Å². The van der Waals surface area contributed by atoms with Crippen molar-refractivity contribution in [1.82, 2.24) is 19.8 Å². The van der Waals surface area contributed by atoms with E-state index in [1.165, 1.54) is 0 Å². The van der Waals surface area contributed by atoms with Crippen LogP contribution < -0.4 is 4.90 Å². The second kappa shape index (κ2) is 7.76. The van der Waals surface area contributed by atoms with Gasteiger partial charge in [0.15, 0.2) is 0 Å². The summed E-state index contributed by atoms with van der Waals surface area (Å²) in [6.45, 7) is 10.3. The van der Waals surface area contributed by atoms with Crippen LogP contribution >= 0.6 is 0 Å². The molecule has 2 fully saturated rings. The molecule has 6 nitrogen and oxygen atoms in total. The third-order valence-corrected chi connectivity index (χ3v) is 5.26. The van der Waals surface area contributed by atoms with Crippen LogP contribution in [-0.4, -0.2) is 86.3 Å². The first kappa shape index (κ1) is 17.6. The summed E-state index contributed by atoms with van der Waals surface area (Å²) >= 11 is 0. The highest BCUT2D eigenvalue weighted by molar-refractivity contribution is 5.30. The minimum Gasteiger partial charge on any atom is -0.379 e. The summed E-state index contributed by atoms with van der Waals surface area (Å²) in [4.78, 5) is 16.1. The van der Waals surface area contributed by atoms with Crippen molar-refractivity contribution in [2.75, 3.05) is 71.5 Å². The topological polar surface area (TPSA) is 44.7 Å². The van der Waals surface area contributed by atoms with Crippen LogP contribution in [0.25, 0.3) is 0 Å². The van der Waals surface area contributed by atoms with E-state index >= 15 is 0 Å². The van der Waals surface area contributed by atoms with Gasteiger partial charge in [-0.25, -0.2) is 9.97 Å². The molecule has 2 aliphatic rings. The van der Waals surface area contributed by atoms with Crippen LogP contribution in [-0.2, 0) is 4.74 Å². The maximum atomic E-state index is 5.98. The van der Waals surface area contributed by atoms with E-state index in [1.54, 1.807) is 0 Å². The van der Waals surface area contributed by atoms with Gasteiger partial charge in [-0.2, -0.15) is 0 Å². The molecule has 6 heteroatoms. The zero-order chi connectivity index (χ0) is 17.0. The average molecular weight is 333 g/mol. The minimum absolute atomic E-state index is 0.296. The van der Waals surface area contributed by atoms with E-state index in [1.807, 2.05) is 19.3 Å². The normalized spacial score (nSPS) is 22.1. The largest absolute Gasteiger partial charge is 0.379 e. The van der Waals surface area contributed by atoms with Crippen molar-refractivity contribution in [3.8, 4) is 0 Å². The Hall–Kier alpha value is -1.24. The molecule has 0 bridgehead atoms. The van der Waals surface area contributed by atoms with Crippen molar-refractivity contribution in [3.05, 3.63) is 18.0 Å². The Morgan fingerprint density at radius 2 is 1.88 bits per heavy atom. The number of anilines is 1. The number of rotatable bonds is 4. The molecule has 0 radical (unpaired) electrons. The minimum atomic E-state index is 0.296. The van der Waals surface area contributed by atoms with Crippen LogP contribution in [0.1, 0.15) is 18.4 Å². The SMILES string of the molecule is Cc1cnc(N2CCC3(CC2)COCCN(CCN(C)C)C3)nc1. The van der Waals surface area contributed by atoms with Gasteiger partial charge in [0.05, 0.1) is 13.2 Å². The first-order valence-corrected chi connectivity index (χ1v) is 9.05. The van der Waals surface area contributed by atoms with Gasteiger partial charge < -0.3 is 14.5 Å². The average Bonchev–Trinajstić information content (AvgIpc) is 2.77. The molecule has 3 rings (SSSR count). The smallest absolute Gasteiger partial charge is 0.225 e. The molecule has 0 aliphatic carbocycles. The zero-order valence-corrected chi connectivity index (χ0v) is 15.4. The van der Waals surface area contributed by atoms with Crippen LogP contribution in [0.3, 0.4) is 0 Å². The van der Waals surface area contributed by atoms with Gasteiger partial charge in [0.25, 0.3) is 0 Å². The number of aromatic nitrogens is 2. The molecule has 3 heterocycles. The van der Waals surface area contributed by atoms with E-state index in [-0.39, 0.29) is 0 Å². The standard InChI is InChI=1S/C18H31N5O/c1-16-12-19-17(20-13-16)23-6-4-18(5-7-23)14-22(9-8-21(2)3)10-11-24-15-18/h12-13H,4-11,14-15H2,1-3H3. The van der Waals surface area contributed by atoms with E-state index in [0.29, 0.717) is 5.41 Å². The summed E-state index contributed by atoms with van der Waals surface area (Å²) < 4.78 is 5.98. The highest BCUT2D eigenvalue weighted by atomic mass is 16.5. The van der Waals surface area contributed by atoms with E-state index in [9.17, 15) is 0 Å².